The molecule has 126 valence electrons. The topological polar surface area (TPSA) is 26.3 Å². The third-order valence-corrected chi connectivity index (χ3v) is 5.29. The van der Waals surface area contributed by atoms with E-state index in [-0.39, 0.29) is 5.25 Å². The van der Waals surface area contributed by atoms with Gasteiger partial charge in [-0.1, -0.05) is 69.9 Å². The first-order valence-electron chi connectivity index (χ1n) is 8.48. The summed E-state index contributed by atoms with van der Waals surface area (Å²) in [5.41, 5.74) is 0. The van der Waals surface area contributed by atoms with Gasteiger partial charge in [0.25, 0.3) is 0 Å². The third kappa shape index (κ3) is 8.79. The quantitative estimate of drug-likeness (QED) is 0.416. The normalized spacial score (nSPS) is 13.8. The smallest absolute Gasteiger partial charge is 0.209 e. The molecule has 2 unspecified atom stereocenters. The van der Waals surface area contributed by atoms with Crippen LogP contribution in [0.2, 0.25) is 5.02 Å². The second kappa shape index (κ2) is 12.0. The van der Waals surface area contributed by atoms with Gasteiger partial charge in [0.15, 0.2) is 0 Å². The van der Waals surface area contributed by atoms with E-state index in [1.807, 2.05) is 6.92 Å². The molecular weight excluding hydrogens is 316 g/mol. The van der Waals surface area contributed by atoms with E-state index in [2.05, 4.69) is 6.92 Å². The fraction of sp³-hybridized carbons (Fsp3) is 0.667. The van der Waals surface area contributed by atoms with Crippen LogP contribution in [0.3, 0.4) is 0 Å². The van der Waals surface area contributed by atoms with Crippen LogP contribution in [0.15, 0.2) is 24.3 Å². The average molecular weight is 345 g/mol. The second-order valence-corrected chi connectivity index (χ2v) is 7.80. The fourth-order valence-electron chi connectivity index (χ4n) is 2.33. The highest BCUT2D eigenvalue weighted by atomic mass is 35.5. The molecule has 2 nitrogen and oxygen atoms in total. The largest absolute Gasteiger partial charge is 0.400 e. The number of halogens is 1. The molecule has 0 bridgehead atoms. The monoisotopic (exact) mass is 344 g/mol. The summed E-state index contributed by atoms with van der Waals surface area (Å²) in [4.78, 5) is 0. The molecule has 0 N–H and O–H groups in total. The van der Waals surface area contributed by atoms with E-state index < -0.39 is 11.1 Å². The van der Waals surface area contributed by atoms with Crippen LogP contribution in [0, 0.1) is 0 Å². The molecule has 0 aromatic heterocycles. The Morgan fingerprint density at radius 1 is 1.00 bits per heavy atom. The number of benzene rings is 1. The van der Waals surface area contributed by atoms with Crippen LogP contribution in [0.4, 0.5) is 0 Å². The SMILES string of the molecule is CCCCCCCCCCC(C)S(=O)Oc1ccc(Cl)cc1. The van der Waals surface area contributed by atoms with Gasteiger partial charge < -0.3 is 4.18 Å². The lowest BCUT2D eigenvalue weighted by Gasteiger charge is -2.11. The molecule has 0 aliphatic carbocycles. The van der Waals surface area contributed by atoms with Crippen molar-refractivity contribution in [2.75, 3.05) is 0 Å². The van der Waals surface area contributed by atoms with Crippen molar-refractivity contribution in [3.05, 3.63) is 29.3 Å². The maximum Gasteiger partial charge on any atom is 0.209 e. The summed E-state index contributed by atoms with van der Waals surface area (Å²) >= 11 is 4.54. The molecule has 2 atom stereocenters. The maximum absolute atomic E-state index is 12.1. The van der Waals surface area contributed by atoms with Crippen LogP contribution >= 0.6 is 11.6 Å². The molecule has 0 fully saturated rings. The van der Waals surface area contributed by atoms with Gasteiger partial charge in [-0.15, -0.1) is 0 Å². The summed E-state index contributed by atoms with van der Waals surface area (Å²) in [5, 5.41) is 0.723. The zero-order chi connectivity index (χ0) is 16.2. The molecular formula is C18H29ClO2S. The number of hydrogen-bond acceptors (Lipinski definition) is 2. The molecule has 1 aromatic rings. The summed E-state index contributed by atoms with van der Waals surface area (Å²) < 4.78 is 17.6. The molecule has 1 rings (SSSR count). The van der Waals surface area contributed by atoms with E-state index in [9.17, 15) is 4.21 Å². The van der Waals surface area contributed by atoms with Crippen LogP contribution in [0.25, 0.3) is 0 Å². The number of rotatable bonds is 12. The molecule has 0 saturated carbocycles. The molecule has 4 heteroatoms. The lowest BCUT2D eigenvalue weighted by Crippen LogP contribution is -2.15. The van der Waals surface area contributed by atoms with E-state index >= 15 is 0 Å². The Labute approximate surface area is 143 Å². The zero-order valence-corrected chi connectivity index (χ0v) is 15.4. The van der Waals surface area contributed by atoms with Crippen molar-refractivity contribution in [3.63, 3.8) is 0 Å². The van der Waals surface area contributed by atoms with Gasteiger partial charge in [0.1, 0.15) is 5.75 Å². The minimum atomic E-state index is -1.28. The highest BCUT2D eigenvalue weighted by Gasteiger charge is 2.13. The summed E-state index contributed by atoms with van der Waals surface area (Å²) in [7, 11) is 0. The Kier molecular flexibility index (Phi) is 10.6. The van der Waals surface area contributed by atoms with E-state index in [1.165, 1.54) is 44.9 Å². The standard InChI is InChI=1S/C18H29ClO2S/c1-3-4-5-6-7-8-9-10-11-16(2)22(20)21-18-14-12-17(19)13-15-18/h12-16H,3-11H2,1-2H3. The van der Waals surface area contributed by atoms with Crippen molar-refractivity contribution in [2.24, 2.45) is 0 Å². The third-order valence-electron chi connectivity index (χ3n) is 3.78. The first kappa shape index (κ1) is 19.5. The van der Waals surface area contributed by atoms with Crippen molar-refractivity contribution in [1.82, 2.24) is 0 Å². The van der Waals surface area contributed by atoms with Crippen molar-refractivity contribution >= 4 is 22.7 Å². The molecule has 0 saturated heterocycles. The number of unbranched alkanes of at least 4 members (excludes halogenated alkanes) is 7. The molecule has 1 aromatic carbocycles. The highest BCUT2D eigenvalue weighted by Crippen LogP contribution is 2.19. The fourth-order valence-corrected chi connectivity index (χ4v) is 3.28. The van der Waals surface area contributed by atoms with Crippen molar-refractivity contribution < 1.29 is 8.39 Å². The minimum Gasteiger partial charge on any atom is -0.400 e. The highest BCUT2D eigenvalue weighted by molar-refractivity contribution is 7.81. The van der Waals surface area contributed by atoms with Gasteiger partial charge in [0, 0.05) is 5.02 Å². The van der Waals surface area contributed by atoms with Gasteiger partial charge in [0.05, 0.1) is 5.25 Å². The van der Waals surface area contributed by atoms with Gasteiger partial charge in [-0.3, -0.25) is 0 Å². The molecule has 0 amide bonds. The summed E-state index contributed by atoms with van der Waals surface area (Å²) in [6.07, 6.45) is 11.3. The Bertz CT molecular complexity index is 420. The molecule has 0 spiro atoms. The van der Waals surface area contributed by atoms with E-state index in [0.29, 0.717) is 10.8 Å². The zero-order valence-electron chi connectivity index (χ0n) is 13.9. The average Bonchev–Trinajstić information content (AvgIpc) is 2.52. The van der Waals surface area contributed by atoms with Crippen molar-refractivity contribution in [1.29, 1.82) is 0 Å². The Hall–Kier alpha value is -0.540. The van der Waals surface area contributed by atoms with E-state index in [1.54, 1.807) is 24.3 Å². The Balaban J connectivity index is 2.10. The summed E-state index contributed by atoms with van der Waals surface area (Å²) in [5.74, 6) is 0.616. The molecule has 0 heterocycles. The van der Waals surface area contributed by atoms with Crippen molar-refractivity contribution in [2.45, 2.75) is 76.9 Å². The lowest BCUT2D eigenvalue weighted by atomic mass is 10.1. The molecule has 0 aliphatic rings. The first-order valence-corrected chi connectivity index (χ1v) is 9.99. The summed E-state index contributed by atoms with van der Waals surface area (Å²) in [6.45, 7) is 4.24. The van der Waals surface area contributed by atoms with E-state index in [0.717, 1.165) is 12.8 Å². The summed E-state index contributed by atoms with van der Waals surface area (Å²) in [6, 6.07) is 7.00. The van der Waals surface area contributed by atoms with Crippen LogP contribution in [0.1, 0.15) is 71.6 Å². The predicted molar refractivity (Wildman–Crippen MR) is 96.9 cm³/mol. The Morgan fingerprint density at radius 2 is 1.55 bits per heavy atom. The molecule has 0 aliphatic heterocycles. The van der Waals surface area contributed by atoms with Gasteiger partial charge in [-0.2, -0.15) is 0 Å². The number of hydrogen-bond donors (Lipinski definition) is 0. The Morgan fingerprint density at radius 3 is 2.14 bits per heavy atom. The van der Waals surface area contributed by atoms with Gasteiger partial charge in [-0.25, -0.2) is 4.21 Å². The first-order chi connectivity index (χ1) is 10.6. The van der Waals surface area contributed by atoms with Gasteiger partial charge >= 0.3 is 0 Å². The van der Waals surface area contributed by atoms with E-state index in [4.69, 9.17) is 15.8 Å². The van der Waals surface area contributed by atoms with Crippen LogP contribution in [0.5, 0.6) is 5.75 Å². The maximum atomic E-state index is 12.1. The van der Waals surface area contributed by atoms with Crippen LogP contribution in [-0.2, 0) is 11.1 Å². The van der Waals surface area contributed by atoms with Crippen molar-refractivity contribution in [3.8, 4) is 5.75 Å². The lowest BCUT2D eigenvalue weighted by molar-refractivity contribution is 0.529. The van der Waals surface area contributed by atoms with Gasteiger partial charge in [0.2, 0.25) is 11.1 Å². The van der Waals surface area contributed by atoms with Crippen LogP contribution < -0.4 is 4.18 Å². The molecule has 0 radical (unpaired) electrons. The molecule has 22 heavy (non-hydrogen) atoms. The predicted octanol–water partition coefficient (Wildman–Crippen LogP) is 6.30. The second-order valence-electron chi connectivity index (χ2n) is 5.87. The minimum absolute atomic E-state index is 0.0655. The van der Waals surface area contributed by atoms with Crippen LogP contribution in [-0.4, -0.2) is 9.46 Å². The van der Waals surface area contributed by atoms with Gasteiger partial charge in [-0.05, 0) is 37.6 Å².